The zero-order valence-electron chi connectivity index (χ0n) is 8.73. The number of halogens is 3. The first kappa shape index (κ1) is 11.3. The number of nitrogens with zero attached hydrogens (tertiary/aromatic N) is 1. The van der Waals surface area contributed by atoms with E-state index in [1.807, 2.05) is 0 Å². The average Bonchev–Trinajstić information content (AvgIpc) is 2.82. The molecule has 2 rings (SSSR count). The van der Waals surface area contributed by atoms with Gasteiger partial charge in [-0.05, 0) is 12.8 Å². The Labute approximate surface area is 90.6 Å². The second kappa shape index (κ2) is 2.91. The molecule has 1 heterocycles. The molecule has 0 radical (unpaired) electrons. The SMILES string of the molecule is CC1(C2(N)NC(N)=NC=C2C(F)(F)F)CC1. The molecule has 0 amide bonds. The van der Waals surface area contributed by atoms with E-state index in [9.17, 15) is 13.2 Å². The molecule has 16 heavy (non-hydrogen) atoms. The summed E-state index contributed by atoms with van der Waals surface area (Å²) in [5.74, 6) is -0.0800. The van der Waals surface area contributed by atoms with Crippen molar-refractivity contribution in [3.05, 3.63) is 11.8 Å². The van der Waals surface area contributed by atoms with E-state index in [0.717, 1.165) is 6.20 Å². The van der Waals surface area contributed by atoms with E-state index >= 15 is 0 Å². The summed E-state index contributed by atoms with van der Waals surface area (Å²) >= 11 is 0. The van der Waals surface area contributed by atoms with Crippen LogP contribution in [0.25, 0.3) is 0 Å². The van der Waals surface area contributed by atoms with E-state index in [4.69, 9.17) is 11.5 Å². The van der Waals surface area contributed by atoms with Gasteiger partial charge in [0.1, 0.15) is 5.66 Å². The molecular formula is C9H13F3N4. The van der Waals surface area contributed by atoms with E-state index in [0.29, 0.717) is 12.8 Å². The van der Waals surface area contributed by atoms with Crippen molar-refractivity contribution in [3.63, 3.8) is 0 Å². The van der Waals surface area contributed by atoms with Crippen LogP contribution in [-0.4, -0.2) is 17.8 Å². The molecule has 1 atom stereocenters. The lowest BCUT2D eigenvalue weighted by molar-refractivity contribution is -0.106. The third-order valence-corrected chi connectivity index (χ3v) is 3.34. The van der Waals surface area contributed by atoms with Gasteiger partial charge >= 0.3 is 6.18 Å². The first-order valence-electron chi connectivity index (χ1n) is 4.87. The quantitative estimate of drug-likeness (QED) is 0.628. The van der Waals surface area contributed by atoms with Gasteiger partial charge in [0.05, 0.1) is 5.57 Å². The molecule has 0 aromatic carbocycles. The van der Waals surface area contributed by atoms with Gasteiger partial charge < -0.3 is 16.8 Å². The topological polar surface area (TPSA) is 76.4 Å². The zero-order chi connectivity index (χ0) is 12.2. The molecule has 0 spiro atoms. The number of alkyl halides is 3. The van der Waals surface area contributed by atoms with Gasteiger partial charge in [-0.3, -0.25) is 0 Å². The van der Waals surface area contributed by atoms with Crippen LogP contribution in [0.4, 0.5) is 13.2 Å². The molecular weight excluding hydrogens is 221 g/mol. The van der Waals surface area contributed by atoms with Gasteiger partial charge in [0.2, 0.25) is 0 Å². The Kier molecular flexibility index (Phi) is 2.04. The van der Waals surface area contributed by atoms with Crippen molar-refractivity contribution in [2.45, 2.75) is 31.6 Å². The normalized spacial score (nSPS) is 32.6. The van der Waals surface area contributed by atoms with Gasteiger partial charge in [-0.2, -0.15) is 13.2 Å². The minimum atomic E-state index is -4.50. The summed E-state index contributed by atoms with van der Waals surface area (Å²) in [4.78, 5) is 3.44. The van der Waals surface area contributed by atoms with Crippen molar-refractivity contribution in [1.29, 1.82) is 0 Å². The minimum absolute atomic E-state index is 0.0800. The maximum Gasteiger partial charge on any atom is 0.417 e. The molecule has 1 fully saturated rings. The maximum atomic E-state index is 12.8. The molecule has 90 valence electrons. The largest absolute Gasteiger partial charge is 0.417 e. The molecule has 1 aliphatic heterocycles. The lowest BCUT2D eigenvalue weighted by Crippen LogP contribution is -2.67. The molecule has 0 aromatic rings. The fourth-order valence-corrected chi connectivity index (χ4v) is 1.89. The number of nitrogens with one attached hydrogen (secondary N) is 1. The Morgan fingerprint density at radius 2 is 2.00 bits per heavy atom. The van der Waals surface area contributed by atoms with Crippen LogP contribution in [0.3, 0.4) is 0 Å². The highest BCUT2D eigenvalue weighted by molar-refractivity contribution is 5.81. The smallest absolute Gasteiger partial charge is 0.370 e. The van der Waals surface area contributed by atoms with Crippen molar-refractivity contribution in [3.8, 4) is 0 Å². The minimum Gasteiger partial charge on any atom is -0.370 e. The number of hydrogen-bond acceptors (Lipinski definition) is 4. The van der Waals surface area contributed by atoms with Crippen LogP contribution >= 0.6 is 0 Å². The second-order valence-corrected chi connectivity index (χ2v) is 4.55. The van der Waals surface area contributed by atoms with Gasteiger partial charge in [0, 0.05) is 11.6 Å². The summed E-state index contributed by atoms with van der Waals surface area (Å²) in [5, 5.41) is 2.47. The molecule has 0 saturated heterocycles. The fourth-order valence-electron chi connectivity index (χ4n) is 1.89. The third kappa shape index (κ3) is 1.46. The highest BCUT2D eigenvalue weighted by Crippen LogP contribution is 2.56. The summed E-state index contributed by atoms with van der Waals surface area (Å²) in [5.41, 5.74) is 8.09. The number of hydrogen-bond donors (Lipinski definition) is 3. The van der Waals surface area contributed by atoms with E-state index < -0.39 is 22.8 Å². The van der Waals surface area contributed by atoms with Crippen LogP contribution in [0.15, 0.2) is 16.8 Å². The Bertz CT molecular complexity index is 381. The number of rotatable bonds is 1. The molecule has 0 bridgehead atoms. The number of nitrogens with two attached hydrogens (primary N) is 2. The zero-order valence-corrected chi connectivity index (χ0v) is 8.73. The number of aliphatic imine (C=N–C) groups is 1. The summed E-state index contributed by atoms with van der Waals surface area (Å²) in [6, 6.07) is 0. The summed E-state index contributed by atoms with van der Waals surface area (Å²) in [6.45, 7) is 1.71. The van der Waals surface area contributed by atoms with Gasteiger partial charge in [-0.25, -0.2) is 4.99 Å². The lowest BCUT2D eigenvalue weighted by Gasteiger charge is -2.41. The van der Waals surface area contributed by atoms with Crippen molar-refractivity contribution in [1.82, 2.24) is 5.32 Å². The Balaban J connectivity index is 2.45. The molecule has 1 unspecified atom stereocenters. The predicted molar refractivity (Wildman–Crippen MR) is 53.2 cm³/mol. The van der Waals surface area contributed by atoms with Crippen molar-refractivity contribution in [2.75, 3.05) is 0 Å². The second-order valence-electron chi connectivity index (χ2n) is 4.55. The van der Waals surface area contributed by atoms with Gasteiger partial charge in [-0.15, -0.1) is 0 Å². The van der Waals surface area contributed by atoms with Crippen molar-refractivity contribution < 1.29 is 13.2 Å². The van der Waals surface area contributed by atoms with Gasteiger partial charge in [-0.1, -0.05) is 6.92 Å². The molecule has 4 nitrogen and oxygen atoms in total. The monoisotopic (exact) mass is 234 g/mol. The van der Waals surface area contributed by atoms with Crippen LogP contribution in [-0.2, 0) is 0 Å². The summed E-state index contributed by atoms with van der Waals surface area (Å²) < 4.78 is 38.5. The molecule has 1 saturated carbocycles. The maximum absolute atomic E-state index is 12.8. The van der Waals surface area contributed by atoms with Crippen molar-refractivity contribution in [2.24, 2.45) is 21.9 Å². The third-order valence-electron chi connectivity index (χ3n) is 3.34. The Morgan fingerprint density at radius 3 is 2.44 bits per heavy atom. The summed E-state index contributed by atoms with van der Waals surface area (Å²) in [7, 11) is 0. The van der Waals surface area contributed by atoms with E-state index in [1.165, 1.54) is 0 Å². The average molecular weight is 234 g/mol. The Hall–Kier alpha value is -1.24. The van der Waals surface area contributed by atoms with E-state index in [-0.39, 0.29) is 5.96 Å². The van der Waals surface area contributed by atoms with Crippen LogP contribution < -0.4 is 16.8 Å². The fraction of sp³-hybridized carbons (Fsp3) is 0.667. The molecule has 0 aromatic heterocycles. The van der Waals surface area contributed by atoms with Crippen LogP contribution in [0, 0.1) is 5.41 Å². The first-order valence-corrected chi connectivity index (χ1v) is 4.87. The molecule has 1 aliphatic carbocycles. The van der Waals surface area contributed by atoms with Crippen molar-refractivity contribution >= 4 is 5.96 Å². The highest BCUT2D eigenvalue weighted by Gasteiger charge is 2.62. The van der Waals surface area contributed by atoms with Crippen LogP contribution in [0.5, 0.6) is 0 Å². The Morgan fingerprint density at radius 1 is 1.44 bits per heavy atom. The molecule has 2 aliphatic rings. The van der Waals surface area contributed by atoms with Gasteiger partial charge in [0.25, 0.3) is 0 Å². The highest BCUT2D eigenvalue weighted by atomic mass is 19.4. The molecule has 5 N–H and O–H groups in total. The van der Waals surface area contributed by atoms with E-state index in [1.54, 1.807) is 6.92 Å². The predicted octanol–water partition coefficient (Wildman–Crippen LogP) is 0.806. The van der Waals surface area contributed by atoms with Crippen LogP contribution in [0.2, 0.25) is 0 Å². The lowest BCUT2D eigenvalue weighted by atomic mass is 9.84. The van der Waals surface area contributed by atoms with Gasteiger partial charge in [0.15, 0.2) is 5.96 Å². The molecule has 7 heteroatoms. The first-order chi connectivity index (χ1) is 7.19. The number of guanidine groups is 1. The van der Waals surface area contributed by atoms with Crippen LogP contribution in [0.1, 0.15) is 19.8 Å². The van der Waals surface area contributed by atoms with E-state index in [2.05, 4.69) is 10.3 Å². The summed E-state index contributed by atoms with van der Waals surface area (Å²) in [6.07, 6.45) is -2.51. The standard InChI is InChI=1S/C9H13F3N4/c1-7(2-3-7)8(14)5(9(10,11)12)4-15-6(13)16-8/h4H,2-3,14H2,1H3,(H3,13,15,16).